The maximum Gasteiger partial charge on any atom is 0.142 e. The molecule has 0 fully saturated rings. The Balaban J connectivity index is 4.08. The van der Waals surface area contributed by atoms with E-state index in [4.69, 9.17) is 0 Å². The van der Waals surface area contributed by atoms with Crippen LogP contribution in [0.15, 0.2) is 97.2 Å². The molecule has 0 radical (unpaired) electrons. The first-order valence-electron chi connectivity index (χ1n) is 13.1. The quantitative estimate of drug-likeness (QED) is 0.126. The number of carboxylic acids is 1. The fourth-order valence-electron chi connectivity index (χ4n) is 3.07. The van der Waals surface area contributed by atoms with E-state index in [1.54, 1.807) is 6.08 Å². The summed E-state index contributed by atoms with van der Waals surface area (Å²) in [4.78, 5) is 23.7. The van der Waals surface area contributed by atoms with Crippen molar-refractivity contribution in [3.8, 4) is 0 Å². The van der Waals surface area contributed by atoms with E-state index in [1.165, 1.54) is 0 Å². The van der Waals surface area contributed by atoms with Crippen LogP contribution in [0.3, 0.4) is 0 Å². The SMILES string of the molecule is CC/C=C\C/C=C\C/C=C\C/C=C\CCC(=O)[C@@H](C/C=C\C/C=C\C/C=C\C/C=C\CC)C(=O)[O-]. The van der Waals surface area contributed by atoms with Crippen LogP contribution < -0.4 is 5.11 Å². The molecule has 192 valence electrons. The molecule has 0 heterocycles. The molecule has 0 saturated carbocycles. The van der Waals surface area contributed by atoms with Gasteiger partial charge in [-0.3, -0.25) is 4.79 Å². The van der Waals surface area contributed by atoms with Gasteiger partial charge in [-0.05, 0) is 64.2 Å². The number of aliphatic carboxylic acids is 1. The van der Waals surface area contributed by atoms with Crippen molar-refractivity contribution in [1.29, 1.82) is 0 Å². The standard InChI is InChI=1S/C32H46O3/c1-3-5-7-9-11-13-15-17-19-21-23-25-27-29-31(33)30(32(34)35)28-26-24-22-20-18-16-14-12-10-8-6-4-2/h5-8,11-14,17-20,23-26,30H,3-4,9-10,15-16,21-22,27-29H2,1-2H3,(H,34,35)/p-1/b7-5-,8-6-,13-11-,14-12-,19-17-,20-18-,25-23-,26-24-/t30-/m1/s1. The molecule has 0 unspecified atom stereocenters. The third-order valence-corrected chi connectivity index (χ3v) is 5.04. The van der Waals surface area contributed by atoms with Crippen LogP contribution >= 0.6 is 0 Å². The number of ketones is 1. The Morgan fingerprint density at radius 1 is 0.543 bits per heavy atom. The molecule has 0 aromatic carbocycles. The van der Waals surface area contributed by atoms with Gasteiger partial charge in [-0.25, -0.2) is 0 Å². The van der Waals surface area contributed by atoms with E-state index in [9.17, 15) is 14.7 Å². The number of Topliss-reactive ketones (excluding diaryl/α,β-unsaturated/α-hetero) is 1. The molecule has 0 spiro atoms. The lowest BCUT2D eigenvalue weighted by atomic mass is 9.96. The molecule has 35 heavy (non-hydrogen) atoms. The van der Waals surface area contributed by atoms with Crippen LogP contribution in [-0.4, -0.2) is 11.8 Å². The average molecular weight is 478 g/mol. The lowest BCUT2D eigenvalue weighted by Crippen LogP contribution is -2.36. The number of carboxylic acid groups (broad SMARTS) is 1. The van der Waals surface area contributed by atoms with E-state index in [0.29, 0.717) is 6.42 Å². The van der Waals surface area contributed by atoms with Gasteiger partial charge in [-0.15, -0.1) is 0 Å². The van der Waals surface area contributed by atoms with E-state index in [-0.39, 0.29) is 18.6 Å². The molecule has 0 amide bonds. The van der Waals surface area contributed by atoms with E-state index in [1.807, 2.05) is 24.3 Å². The van der Waals surface area contributed by atoms with E-state index in [0.717, 1.165) is 51.4 Å². The minimum atomic E-state index is -1.29. The second-order valence-corrected chi connectivity index (χ2v) is 8.11. The van der Waals surface area contributed by atoms with Crippen molar-refractivity contribution in [2.75, 3.05) is 0 Å². The van der Waals surface area contributed by atoms with Crippen LogP contribution in [0.4, 0.5) is 0 Å². The topological polar surface area (TPSA) is 57.2 Å². The lowest BCUT2D eigenvalue weighted by Gasteiger charge is -2.14. The molecule has 0 aromatic rings. The zero-order valence-electron chi connectivity index (χ0n) is 21.8. The molecule has 3 nitrogen and oxygen atoms in total. The van der Waals surface area contributed by atoms with Crippen LogP contribution in [0.1, 0.15) is 84.5 Å². The minimum Gasteiger partial charge on any atom is -0.549 e. The van der Waals surface area contributed by atoms with Crippen molar-refractivity contribution in [2.24, 2.45) is 5.92 Å². The summed E-state index contributed by atoms with van der Waals surface area (Å²) in [5.74, 6) is -2.63. The van der Waals surface area contributed by atoms with Crippen molar-refractivity contribution >= 4 is 11.8 Å². The highest BCUT2D eigenvalue weighted by Crippen LogP contribution is 2.10. The van der Waals surface area contributed by atoms with Gasteiger partial charge in [0.05, 0.1) is 11.9 Å². The molecule has 0 rings (SSSR count). The molecule has 0 aliphatic heterocycles. The number of hydrogen-bond acceptors (Lipinski definition) is 3. The molecule has 3 heteroatoms. The van der Waals surface area contributed by atoms with Gasteiger partial charge < -0.3 is 9.90 Å². The van der Waals surface area contributed by atoms with Crippen LogP contribution in [0.2, 0.25) is 0 Å². The predicted octanol–water partition coefficient (Wildman–Crippen LogP) is 7.70. The molecule has 0 aromatic heterocycles. The zero-order chi connectivity index (χ0) is 25.8. The molecule has 0 saturated heterocycles. The maximum atomic E-state index is 12.3. The van der Waals surface area contributed by atoms with Crippen molar-refractivity contribution < 1.29 is 14.7 Å². The zero-order valence-corrected chi connectivity index (χ0v) is 21.8. The number of rotatable bonds is 21. The van der Waals surface area contributed by atoms with Crippen LogP contribution in [-0.2, 0) is 9.59 Å². The Bertz CT molecular complexity index is 773. The largest absolute Gasteiger partial charge is 0.549 e. The fraction of sp³-hybridized carbons (Fsp3) is 0.438. The van der Waals surface area contributed by atoms with Gasteiger partial charge in [0.2, 0.25) is 0 Å². The highest BCUT2D eigenvalue weighted by atomic mass is 16.4. The summed E-state index contributed by atoms with van der Waals surface area (Å²) in [6.45, 7) is 4.25. The van der Waals surface area contributed by atoms with Crippen LogP contribution in [0.5, 0.6) is 0 Å². The summed E-state index contributed by atoms with van der Waals surface area (Å²) < 4.78 is 0. The summed E-state index contributed by atoms with van der Waals surface area (Å²) in [6, 6.07) is 0. The molecule has 0 aliphatic rings. The number of carbonyl (C=O) groups is 2. The van der Waals surface area contributed by atoms with E-state index in [2.05, 4.69) is 80.7 Å². The maximum absolute atomic E-state index is 12.3. The monoisotopic (exact) mass is 477 g/mol. The van der Waals surface area contributed by atoms with Gasteiger partial charge in [0, 0.05) is 6.42 Å². The van der Waals surface area contributed by atoms with Crippen molar-refractivity contribution in [3.05, 3.63) is 97.2 Å². The number of hydrogen-bond donors (Lipinski definition) is 0. The summed E-state index contributed by atoms with van der Waals surface area (Å²) >= 11 is 0. The third-order valence-electron chi connectivity index (χ3n) is 5.04. The number of carbonyl (C=O) groups excluding carboxylic acids is 2. The molecule has 0 bridgehead atoms. The van der Waals surface area contributed by atoms with Crippen LogP contribution in [0, 0.1) is 5.92 Å². The second-order valence-electron chi connectivity index (χ2n) is 8.11. The smallest absolute Gasteiger partial charge is 0.142 e. The third kappa shape index (κ3) is 22.6. The van der Waals surface area contributed by atoms with Gasteiger partial charge in [-0.2, -0.15) is 0 Å². The average Bonchev–Trinajstić information content (AvgIpc) is 2.84. The Kier molecular flexibility index (Phi) is 23.5. The van der Waals surface area contributed by atoms with Crippen molar-refractivity contribution in [2.45, 2.75) is 84.5 Å². The Hall–Kier alpha value is -2.94. The highest BCUT2D eigenvalue weighted by Gasteiger charge is 2.17. The fourth-order valence-corrected chi connectivity index (χ4v) is 3.07. The van der Waals surface area contributed by atoms with Crippen molar-refractivity contribution in [1.82, 2.24) is 0 Å². The molecule has 0 N–H and O–H groups in total. The lowest BCUT2D eigenvalue weighted by molar-refractivity contribution is -0.309. The van der Waals surface area contributed by atoms with Gasteiger partial charge in [0.15, 0.2) is 0 Å². The summed E-state index contributed by atoms with van der Waals surface area (Å²) in [5.41, 5.74) is 0. The Morgan fingerprint density at radius 2 is 0.886 bits per heavy atom. The first-order valence-corrected chi connectivity index (χ1v) is 13.1. The van der Waals surface area contributed by atoms with Gasteiger partial charge in [0.25, 0.3) is 0 Å². The van der Waals surface area contributed by atoms with Crippen molar-refractivity contribution in [3.63, 3.8) is 0 Å². The van der Waals surface area contributed by atoms with Gasteiger partial charge >= 0.3 is 0 Å². The Labute approximate surface area is 214 Å². The van der Waals surface area contributed by atoms with Gasteiger partial charge in [-0.1, -0.05) is 111 Å². The van der Waals surface area contributed by atoms with E-state index >= 15 is 0 Å². The molecule has 1 atom stereocenters. The summed E-state index contributed by atoms with van der Waals surface area (Å²) in [5, 5.41) is 11.4. The normalized spacial score (nSPS) is 14.0. The summed E-state index contributed by atoms with van der Waals surface area (Å²) in [6.07, 6.45) is 41.5. The number of allylic oxidation sites excluding steroid dienone is 16. The van der Waals surface area contributed by atoms with Gasteiger partial charge in [0.1, 0.15) is 5.78 Å². The van der Waals surface area contributed by atoms with E-state index < -0.39 is 11.9 Å². The Morgan fingerprint density at radius 3 is 1.26 bits per heavy atom. The predicted molar refractivity (Wildman–Crippen MR) is 149 cm³/mol. The molecular formula is C32H45O3-. The first-order chi connectivity index (χ1) is 17.1. The minimum absolute atomic E-state index is 0.187. The molecular weight excluding hydrogens is 432 g/mol. The second kappa shape index (κ2) is 25.7. The molecule has 0 aliphatic carbocycles. The first kappa shape index (κ1) is 32.1. The summed E-state index contributed by atoms with van der Waals surface area (Å²) in [7, 11) is 0. The van der Waals surface area contributed by atoms with Crippen LogP contribution in [0.25, 0.3) is 0 Å². The highest BCUT2D eigenvalue weighted by molar-refractivity contribution is 5.97.